The van der Waals surface area contributed by atoms with E-state index in [-0.39, 0.29) is 12.0 Å². The third-order valence-corrected chi connectivity index (χ3v) is 6.07. The van der Waals surface area contributed by atoms with Gasteiger partial charge in [-0.05, 0) is 68.9 Å². The molecule has 1 fully saturated rings. The van der Waals surface area contributed by atoms with Crippen LogP contribution in [-0.4, -0.2) is 23.7 Å². The Kier molecular flexibility index (Phi) is 4.96. The number of hydrogen-bond acceptors (Lipinski definition) is 3. The number of fused-ring (bicyclic) bond motifs is 1. The van der Waals surface area contributed by atoms with Crippen molar-refractivity contribution in [3.8, 4) is 0 Å². The summed E-state index contributed by atoms with van der Waals surface area (Å²) in [7, 11) is 0. The molecule has 1 heterocycles. The Hall–Kier alpha value is -0.870. The number of aliphatic hydroxyl groups excluding tert-OH is 1. The lowest BCUT2D eigenvalue weighted by Gasteiger charge is -2.25. The zero-order valence-corrected chi connectivity index (χ0v) is 13.4. The normalized spacial score (nSPS) is 26.0. The zero-order chi connectivity index (χ0) is 14.7. The fourth-order valence-electron chi connectivity index (χ4n) is 3.45. The highest BCUT2D eigenvalue weighted by molar-refractivity contribution is 7.14. The smallest absolute Gasteiger partial charge is 0.261 e. The highest BCUT2D eigenvalue weighted by Gasteiger charge is 2.21. The summed E-state index contributed by atoms with van der Waals surface area (Å²) >= 11 is 1.69. The lowest BCUT2D eigenvalue weighted by atomic mass is 9.87. The van der Waals surface area contributed by atoms with Crippen molar-refractivity contribution in [2.45, 2.75) is 63.9 Å². The lowest BCUT2D eigenvalue weighted by Crippen LogP contribution is -2.31. The van der Waals surface area contributed by atoms with E-state index in [9.17, 15) is 9.90 Å². The Morgan fingerprint density at radius 3 is 2.76 bits per heavy atom. The first kappa shape index (κ1) is 15.0. The number of aryl methyl sites for hydroxylation is 2. The molecule has 0 radical (unpaired) electrons. The van der Waals surface area contributed by atoms with E-state index >= 15 is 0 Å². The van der Waals surface area contributed by atoms with Crippen molar-refractivity contribution in [3.05, 3.63) is 21.4 Å². The van der Waals surface area contributed by atoms with Gasteiger partial charge in [0.2, 0.25) is 0 Å². The van der Waals surface area contributed by atoms with Crippen molar-refractivity contribution < 1.29 is 9.90 Å². The van der Waals surface area contributed by atoms with E-state index < -0.39 is 0 Å². The third-order valence-electron chi connectivity index (χ3n) is 4.84. The standard InChI is InChI=1S/C17H25NO2S/c19-14-8-6-12(7-9-14)11-18-17(20)16-10-13-4-2-1-3-5-15(13)21-16/h10,12,14,19H,1-9,11H2,(H,18,20). The van der Waals surface area contributed by atoms with Gasteiger partial charge in [0.25, 0.3) is 5.91 Å². The quantitative estimate of drug-likeness (QED) is 0.842. The van der Waals surface area contributed by atoms with Crippen LogP contribution in [-0.2, 0) is 12.8 Å². The minimum atomic E-state index is -0.120. The zero-order valence-electron chi connectivity index (χ0n) is 12.6. The number of nitrogens with one attached hydrogen (secondary N) is 1. The number of amides is 1. The van der Waals surface area contributed by atoms with Crippen LogP contribution in [0.25, 0.3) is 0 Å². The molecule has 2 aliphatic rings. The predicted molar refractivity (Wildman–Crippen MR) is 85.9 cm³/mol. The molecule has 3 rings (SSSR count). The molecule has 21 heavy (non-hydrogen) atoms. The van der Waals surface area contributed by atoms with Crippen LogP contribution in [0.3, 0.4) is 0 Å². The summed E-state index contributed by atoms with van der Waals surface area (Å²) in [6.45, 7) is 0.758. The number of carbonyl (C=O) groups excluding carboxylic acids is 1. The van der Waals surface area contributed by atoms with Gasteiger partial charge in [-0.1, -0.05) is 6.42 Å². The van der Waals surface area contributed by atoms with Crippen LogP contribution >= 0.6 is 11.3 Å². The minimum Gasteiger partial charge on any atom is -0.393 e. The summed E-state index contributed by atoms with van der Waals surface area (Å²) in [5.41, 5.74) is 1.41. The third kappa shape index (κ3) is 3.86. The number of hydrogen-bond donors (Lipinski definition) is 2. The molecule has 3 nitrogen and oxygen atoms in total. The van der Waals surface area contributed by atoms with Crippen molar-refractivity contribution in [3.63, 3.8) is 0 Å². The van der Waals surface area contributed by atoms with Gasteiger partial charge < -0.3 is 10.4 Å². The maximum atomic E-state index is 12.3. The molecule has 2 N–H and O–H groups in total. The van der Waals surface area contributed by atoms with Gasteiger partial charge in [0, 0.05) is 11.4 Å². The van der Waals surface area contributed by atoms with Gasteiger partial charge >= 0.3 is 0 Å². The van der Waals surface area contributed by atoms with Crippen LogP contribution in [0.2, 0.25) is 0 Å². The molecule has 2 aliphatic carbocycles. The van der Waals surface area contributed by atoms with Gasteiger partial charge in [0.1, 0.15) is 0 Å². The van der Waals surface area contributed by atoms with E-state index in [1.807, 2.05) is 0 Å². The van der Waals surface area contributed by atoms with Crippen LogP contribution in [0, 0.1) is 5.92 Å². The van der Waals surface area contributed by atoms with Gasteiger partial charge in [0.05, 0.1) is 11.0 Å². The molecule has 0 saturated heterocycles. The SMILES string of the molecule is O=C(NCC1CCC(O)CC1)c1cc2c(s1)CCCCC2. The maximum Gasteiger partial charge on any atom is 0.261 e. The molecule has 0 bridgehead atoms. The fraction of sp³-hybridized carbons (Fsp3) is 0.706. The Morgan fingerprint density at radius 1 is 1.19 bits per heavy atom. The van der Waals surface area contributed by atoms with E-state index in [0.29, 0.717) is 5.92 Å². The number of aliphatic hydroxyl groups is 1. The molecule has 0 atom stereocenters. The first-order chi connectivity index (χ1) is 10.2. The summed E-state index contributed by atoms with van der Waals surface area (Å²) in [4.78, 5) is 14.6. The molecule has 4 heteroatoms. The summed E-state index contributed by atoms with van der Waals surface area (Å²) in [5.74, 6) is 0.634. The average Bonchev–Trinajstić information content (AvgIpc) is 2.78. The number of rotatable bonds is 3. The number of carbonyl (C=O) groups is 1. The average molecular weight is 307 g/mol. The Bertz CT molecular complexity index is 465. The van der Waals surface area contributed by atoms with Crippen LogP contribution in [0.15, 0.2) is 6.07 Å². The molecular weight excluding hydrogens is 282 g/mol. The molecule has 0 spiro atoms. The molecule has 1 aromatic heterocycles. The highest BCUT2D eigenvalue weighted by Crippen LogP contribution is 2.29. The molecule has 1 amide bonds. The summed E-state index contributed by atoms with van der Waals surface area (Å²) in [5, 5.41) is 12.6. The Labute approximate surface area is 130 Å². The van der Waals surface area contributed by atoms with Crippen molar-refractivity contribution in [2.75, 3.05) is 6.54 Å². The minimum absolute atomic E-state index is 0.0965. The second-order valence-corrected chi connectivity index (χ2v) is 7.64. The van der Waals surface area contributed by atoms with Crippen LogP contribution in [0.4, 0.5) is 0 Å². The molecule has 0 aromatic carbocycles. The molecule has 1 saturated carbocycles. The summed E-state index contributed by atoms with van der Waals surface area (Å²) in [6.07, 6.45) is 9.83. The van der Waals surface area contributed by atoms with Crippen molar-refractivity contribution in [1.82, 2.24) is 5.32 Å². The molecule has 0 unspecified atom stereocenters. The molecule has 1 aromatic rings. The maximum absolute atomic E-state index is 12.3. The topological polar surface area (TPSA) is 49.3 Å². The van der Waals surface area contributed by atoms with E-state index in [0.717, 1.165) is 49.9 Å². The predicted octanol–water partition coefficient (Wildman–Crippen LogP) is 3.30. The largest absolute Gasteiger partial charge is 0.393 e. The molecular formula is C17H25NO2S. The first-order valence-electron chi connectivity index (χ1n) is 8.30. The van der Waals surface area contributed by atoms with Crippen molar-refractivity contribution in [1.29, 1.82) is 0 Å². The van der Waals surface area contributed by atoms with Crippen LogP contribution < -0.4 is 5.32 Å². The lowest BCUT2D eigenvalue weighted by molar-refractivity contribution is 0.0913. The monoisotopic (exact) mass is 307 g/mol. The number of thiophene rings is 1. The highest BCUT2D eigenvalue weighted by atomic mass is 32.1. The summed E-state index contributed by atoms with van der Waals surface area (Å²) in [6, 6.07) is 2.12. The van der Waals surface area contributed by atoms with Gasteiger partial charge in [-0.25, -0.2) is 0 Å². The first-order valence-corrected chi connectivity index (χ1v) is 9.12. The van der Waals surface area contributed by atoms with E-state index in [1.54, 1.807) is 11.3 Å². The molecule has 116 valence electrons. The van der Waals surface area contributed by atoms with E-state index in [2.05, 4.69) is 11.4 Å². The van der Waals surface area contributed by atoms with Crippen LogP contribution in [0.5, 0.6) is 0 Å². The van der Waals surface area contributed by atoms with Crippen molar-refractivity contribution >= 4 is 17.2 Å². The van der Waals surface area contributed by atoms with Gasteiger partial charge in [-0.2, -0.15) is 0 Å². The summed E-state index contributed by atoms with van der Waals surface area (Å²) < 4.78 is 0. The second kappa shape index (κ2) is 6.93. The second-order valence-electron chi connectivity index (χ2n) is 6.50. The van der Waals surface area contributed by atoms with Gasteiger partial charge in [0.15, 0.2) is 0 Å². The Balaban J connectivity index is 1.53. The molecule has 0 aliphatic heterocycles. The van der Waals surface area contributed by atoms with E-state index in [1.165, 1.54) is 29.7 Å². The van der Waals surface area contributed by atoms with Gasteiger partial charge in [-0.3, -0.25) is 4.79 Å². The Morgan fingerprint density at radius 2 is 1.95 bits per heavy atom. The fourth-order valence-corrected chi connectivity index (χ4v) is 4.62. The van der Waals surface area contributed by atoms with Gasteiger partial charge in [-0.15, -0.1) is 11.3 Å². The van der Waals surface area contributed by atoms with Crippen LogP contribution in [0.1, 0.15) is 65.1 Å². The van der Waals surface area contributed by atoms with E-state index in [4.69, 9.17) is 0 Å². The van der Waals surface area contributed by atoms with Crippen molar-refractivity contribution in [2.24, 2.45) is 5.92 Å².